The third-order valence-corrected chi connectivity index (χ3v) is 0.801. The van der Waals surface area contributed by atoms with Crippen molar-refractivity contribution in [2.24, 2.45) is 0 Å². The Hall–Kier alpha value is -0.560. The average molecular weight is 111 g/mol. The molecule has 0 N–H and O–H groups in total. The molecule has 0 unspecified atom stereocenters. The van der Waals surface area contributed by atoms with E-state index in [1.165, 1.54) is 0 Å². The SMILES string of the molecule is C/C=C/C=C(\C)C[O]. The summed E-state index contributed by atoms with van der Waals surface area (Å²) in [6.45, 7) is 3.66. The lowest BCUT2D eigenvalue weighted by Gasteiger charge is -1.84. The Morgan fingerprint density at radius 3 is 2.62 bits per heavy atom. The van der Waals surface area contributed by atoms with Crippen LogP contribution in [0.5, 0.6) is 0 Å². The van der Waals surface area contributed by atoms with E-state index in [0.717, 1.165) is 5.57 Å². The summed E-state index contributed by atoms with van der Waals surface area (Å²) >= 11 is 0. The van der Waals surface area contributed by atoms with Gasteiger partial charge in [-0.3, -0.25) is 0 Å². The fourth-order valence-electron chi connectivity index (χ4n) is 0.309. The van der Waals surface area contributed by atoms with Gasteiger partial charge in [0.05, 0.1) is 0 Å². The van der Waals surface area contributed by atoms with E-state index in [4.69, 9.17) is 0 Å². The minimum Gasteiger partial charge on any atom is -0.232 e. The van der Waals surface area contributed by atoms with E-state index in [9.17, 15) is 5.11 Å². The van der Waals surface area contributed by atoms with Crippen LogP contribution in [0.4, 0.5) is 0 Å². The quantitative estimate of drug-likeness (QED) is 0.485. The van der Waals surface area contributed by atoms with E-state index in [-0.39, 0.29) is 6.61 Å². The van der Waals surface area contributed by atoms with Crippen molar-refractivity contribution in [2.75, 3.05) is 6.61 Å². The predicted octanol–water partition coefficient (Wildman–Crippen LogP) is 1.94. The van der Waals surface area contributed by atoms with Gasteiger partial charge < -0.3 is 0 Å². The molecular weight excluding hydrogens is 100 g/mol. The second-order valence-electron chi connectivity index (χ2n) is 1.68. The molecule has 45 valence electrons. The summed E-state index contributed by atoms with van der Waals surface area (Å²) in [6, 6.07) is 0. The minimum atomic E-state index is -0.0929. The van der Waals surface area contributed by atoms with Crippen LogP contribution in [0, 0.1) is 0 Å². The lowest BCUT2D eigenvalue weighted by Crippen LogP contribution is -1.78. The molecule has 1 heteroatoms. The van der Waals surface area contributed by atoms with E-state index in [0.29, 0.717) is 0 Å². The molecule has 0 aromatic rings. The molecule has 1 radical (unpaired) electrons. The maximum absolute atomic E-state index is 10.0. The summed E-state index contributed by atoms with van der Waals surface area (Å²) in [5, 5.41) is 10.0. The van der Waals surface area contributed by atoms with E-state index >= 15 is 0 Å². The van der Waals surface area contributed by atoms with Gasteiger partial charge in [-0.2, -0.15) is 0 Å². The Bertz CT molecular complexity index is 101. The molecule has 0 bridgehead atoms. The zero-order valence-corrected chi connectivity index (χ0v) is 5.35. The first-order valence-electron chi connectivity index (χ1n) is 2.67. The minimum absolute atomic E-state index is 0.0929. The Labute approximate surface area is 50.3 Å². The highest BCUT2D eigenvalue weighted by molar-refractivity contribution is 5.09. The van der Waals surface area contributed by atoms with Gasteiger partial charge in [0, 0.05) is 0 Å². The van der Waals surface area contributed by atoms with Gasteiger partial charge in [0.25, 0.3) is 0 Å². The van der Waals surface area contributed by atoms with Gasteiger partial charge in [-0.25, -0.2) is 5.11 Å². The fourth-order valence-corrected chi connectivity index (χ4v) is 0.309. The van der Waals surface area contributed by atoms with Crippen LogP contribution < -0.4 is 0 Å². The Morgan fingerprint density at radius 2 is 2.25 bits per heavy atom. The summed E-state index contributed by atoms with van der Waals surface area (Å²) in [5.74, 6) is 0. The van der Waals surface area contributed by atoms with Crippen LogP contribution in [0.15, 0.2) is 23.8 Å². The van der Waals surface area contributed by atoms with Crippen LogP contribution in [-0.2, 0) is 5.11 Å². The van der Waals surface area contributed by atoms with Crippen molar-refractivity contribution in [3.05, 3.63) is 23.8 Å². The molecule has 0 fully saturated rings. The van der Waals surface area contributed by atoms with Crippen LogP contribution in [0.25, 0.3) is 0 Å². The second kappa shape index (κ2) is 4.60. The normalized spacial score (nSPS) is 13.1. The van der Waals surface area contributed by atoms with Gasteiger partial charge >= 0.3 is 0 Å². The van der Waals surface area contributed by atoms with Crippen molar-refractivity contribution >= 4 is 0 Å². The van der Waals surface area contributed by atoms with Gasteiger partial charge in [-0.15, -0.1) is 0 Å². The first kappa shape index (κ1) is 7.44. The molecule has 0 aliphatic rings. The van der Waals surface area contributed by atoms with E-state index in [1.807, 2.05) is 32.1 Å². The molecule has 0 amide bonds. The standard InChI is InChI=1S/C7H11O/c1-3-4-5-7(2)6-8/h3-5H,6H2,1-2H3/b4-3+,7-5+. The van der Waals surface area contributed by atoms with E-state index < -0.39 is 0 Å². The second-order valence-corrected chi connectivity index (χ2v) is 1.68. The molecule has 0 rings (SSSR count). The number of hydrogen-bond acceptors (Lipinski definition) is 0. The molecule has 0 atom stereocenters. The molecule has 0 saturated carbocycles. The third-order valence-electron chi connectivity index (χ3n) is 0.801. The number of hydrogen-bond donors (Lipinski definition) is 0. The van der Waals surface area contributed by atoms with Gasteiger partial charge in [0.2, 0.25) is 0 Å². The molecule has 0 spiro atoms. The average Bonchev–Trinajstić information content (AvgIpc) is 1.83. The Morgan fingerprint density at radius 1 is 1.62 bits per heavy atom. The molecule has 0 aliphatic heterocycles. The highest BCUT2D eigenvalue weighted by Gasteiger charge is 1.78. The molecule has 0 heterocycles. The Kier molecular flexibility index (Phi) is 4.27. The van der Waals surface area contributed by atoms with Crippen molar-refractivity contribution in [3.63, 3.8) is 0 Å². The molecule has 1 nitrogen and oxygen atoms in total. The molecule has 0 aromatic carbocycles. The van der Waals surface area contributed by atoms with Gasteiger partial charge in [0.15, 0.2) is 0 Å². The van der Waals surface area contributed by atoms with Crippen LogP contribution in [0.1, 0.15) is 13.8 Å². The number of rotatable bonds is 2. The summed E-state index contributed by atoms with van der Waals surface area (Å²) in [6.07, 6.45) is 5.60. The lowest BCUT2D eigenvalue weighted by atomic mass is 10.3. The highest BCUT2D eigenvalue weighted by Crippen LogP contribution is 1.89. The zero-order chi connectivity index (χ0) is 6.41. The first-order chi connectivity index (χ1) is 3.81. The van der Waals surface area contributed by atoms with Crippen molar-refractivity contribution in [2.45, 2.75) is 13.8 Å². The van der Waals surface area contributed by atoms with Crippen molar-refractivity contribution in [1.82, 2.24) is 0 Å². The highest BCUT2D eigenvalue weighted by atomic mass is 16.3. The van der Waals surface area contributed by atoms with Crippen LogP contribution >= 0.6 is 0 Å². The monoisotopic (exact) mass is 111 g/mol. The molecular formula is C7H11O. The lowest BCUT2D eigenvalue weighted by molar-refractivity contribution is 0.223. The molecule has 0 aromatic heterocycles. The van der Waals surface area contributed by atoms with Crippen molar-refractivity contribution in [1.29, 1.82) is 0 Å². The summed E-state index contributed by atoms with van der Waals surface area (Å²) in [4.78, 5) is 0. The largest absolute Gasteiger partial charge is 0.232 e. The summed E-state index contributed by atoms with van der Waals surface area (Å²) < 4.78 is 0. The van der Waals surface area contributed by atoms with Crippen LogP contribution in [0.2, 0.25) is 0 Å². The van der Waals surface area contributed by atoms with Crippen molar-refractivity contribution in [3.8, 4) is 0 Å². The van der Waals surface area contributed by atoms with Crippen LogP contribution in [0.3, 0.4) is 0 Å². The fraction of sp³-hybridized carbons (Fsp3) is 0.429. The van der Waals surface area contributed by atoms with Gasteiger partial charge in [-0.1, -0.05) is 18.2 Å². The smallest absolute Gasteiger partial charge is 0.103 e. The summed E-state index contributed by atoms with van der Waals surface area (Å²) in [7, 11) is 0. The predicted molar refractivity (Wildman–Crippen MR) is 34.1 cm³/mol. The third kappa shape index (κ3) is 3.62. The van der Waals surface area contributed by atoms with Gasteiger partial charge in [0.1, 0.15) is 6.61 Å². The zero-order valence-electron chi connectivity index (χ0n) is 5.35. The first-order valence-corrected chi connectivity index (χ1v) is 2.67. The maximum atomic E-state index is 10.0. The summed E-state index contributed by atoms with van der Waals surface area (Å²) in [5.41, 5.74) is 0.878. The van der Waals surface area contributed by atoms with Crippen LogP contribution in [-0.4, -0.2) is 6.61 Å². The number of allylic oxidation sites excluding steroid dienone is 3. The molecule has 8 heavy (non-hydrogen) atoms. The maximum Gasteiger partial charge on any atom is 0.103 e. The van der Waals surface area contributed by atoms with Crippen molar-refractivity contribution < 1.29 is 5.11 Å². The topological polar surface area (TPSA) is 19.9 Å². The molecule has 0 saturated heterocycles. The Balaban J connectivity index is 3.57. The van der Waals surface area contributed by atoms with E-state index in [1.54, 1.807) is 0 Å². The molecule has 0 aliphatic carbocycles. The van der Waals surface area contributed by atoms with E-state index in [2.05, 4.69) is 0 Å². The van der Waals surface area contributed by atoms with Gasteiger partial charge in [-0.05, 0) is 19.4 Å².